The quantitative estimate of drug-likeness (QED) is 0.665. The second-order valence-electron chi connectivity index (χ2n) is 3.37. The summed E-state index contributed by atoms with van der Waals surface area (Å²) < 4.78 is 5.43. The van der Waals surface area contributed by atoms with Gasteiger partial charge in [-0.1, -0.05) is 0 Å². The molecular formula is C9H15N3O. The van der Waals surface area contributed by atoms with Crippen LogP contribution in [0.3, 0.4) is 0 Å². The van der Waals surface area contributed by atoms with Gasteiger partial charge in [0.2, 0.25) is 5.88 Å². The average Bonchev–Trinajstić information content (AvgIpc) is 2.47. The molecule has 4 heteroatoms. The van der Waals surface area contributed by atoms with Gasteiger partial charge in [0, 0.05) is 37.8 Å². The van der Waals surface area contributed by atoms with Gasteiger partial charge in [-0.15, -0.1) is 0 Å². The minimum Gasteiger partial charge on any atom is -0.425 e. The first-order valence-electron chi connectivity index (χ1n) is 4.59. The maximum absolute atomic E-state index is 5.58. The molecule has 2 rings (SSSR count). The minimum atomic E-state index is 0.506. The fourth-order valence-electron chi connectivity index (χ4n) is 1.68. The van der Waals surface area contributed by atoms with E-state index in [0.717, 1.165) is 37.6 Å². The summed E-state index contributed by atoms with van der Waals surface area (Å²) in [5, 5.41) is 3.30. The number of nitrogen functional groups attached to an aromatic ring is 1. The van der Waals surface area contributed by atoms with E-state index in [2.05, 4.69) is 10.2 Å². The Hall–Kier alpha value is -1.16. The number of nitrogens with zero attached hydrogens (tertiary/aromatic N) is 1. The van der Waals surface area contributed by atoms with Crippen LogP contribution in [0.15, 0.2) is 10.5 Å². The van der Waals surface area contributed by atoms with E-state index in [1.165, 1.54) is 0 Å². The summed E-state index contributed by atoms with van der Waals surface area (Å²) in [5.41, 5.74) is 6.70. The monoisotopic (exact) mass is 181 g/mol. The average molecular weight is 181 g/mol. The van der Waals surface area contributed by atoms with Crippen LogP contribution in [0.25, 0.3) is 0 Å². The molecule has 0 bridgehead atoms. The second-order valence-corrected chi connectivity index (χ2v) is 3.37. The molecule has 0 radical (unpaired) electrons. The first-order chi connectivity index (χ1) is 6.27. The molecule has 2 heterocycles. The van der Waals surface area contributed by atoms with E-state index >= 15 is 0 Å². The van der Waals surface area contributed by atoms with Crippen molar-refractivity contribution in [3.63, 3.8) is 0 Å². The number of furan rings is 1. The summed E-state index contributed by atoms with van der Waals surface area (Å²) in [5.74, 6) is 1.44. The van der Waals surface area contributed by atoms with Crippen LogP contribution >= 0.6 is 0 Å². The third-order valence-corrected chi connectivity index (χ3v) is 2.31. The van der Waals surface area contributed by atoms with Crippen LogP contribution in [0.2, 0.25) is 0 Å². The first kappa shape index (κ1) is 8.44. The van der Waals surface area contributed by atoms with Crippen molar-refractivity contribution in [1.82, 2.24) is 5.32 Å². The summed E-state index contributed by atoms with van der Waals surface area (Å²) in [6.45, 7) is 6.04. The number of hydrogen-bond donors (Lipinski definition) is 2. The van der Waals surface area contributed by atoms with Crippen molar-refractivity contribution in [3.05, 3.63) is 11.6 Å². The molecule has 4 nitrogen and oxygen atoms in total. The number of anilines is 2. The van der Waals surface area contributed by atoms with Crippen LogP contribution in [-0.4, -0.2) is 26.2 Å². The molecule has 13 heavy (non-hydrogen) atoms. The molecule has 0 aromatic carbocycles. The zero-order valence-corrected chi connectivity index (χ0v) is 7.84. The molecule has 1 aromatic rings. The molecule has 1 aromatic heterocycles. The largest absolute Gasteiger partial charge is 0.425 e. The van der Waals surface area contributed by atoms with E-state index in [-0.39, 0.29) is 0 Å². The number of rotatable bonds is 1. The zero-order chi connectivity index (χ0) is 9.26. The highest BCUT2D eigenvalue weighted by Crippen LogP contribution is 2.25. The van der Waals surface area contributed by atoms with Crippen LogP contribution in [-0.2, 0) is 0 Å². The lowest BCUT2D eigenvalue weighted by Crippen LogP contribution is -2.43. The van der Waals surface area contributed by atoms with Crippen LogP contribution < -0.4 is 16.0 Å². The molecule has 1 fully saturated rings. The highest BCUT2D eigenvalue weighted by molar-refractivity contribution is 5.50. The molecule has 0 spiro atoms. The summed E-state index contributed by atoms with van der Waals surface area (Å²) in [7, 11) is 0. The molecule has 0 amide bonds. The number of nitrogens with two attached hydrogens (primary N) is 1. The molecule has 0 atom stereocenters. The minimum absolute atomic E-state index is 0.506. The molecule has 1 saturated heterocycles. The normalized spacial score (nSPS) is 17.8. The summed E-state index contributed by atoms with van der Waals surface area (Å²) in [4.78, 5) is 2.22. The Labute approximate surface area is 77.7 Å². The topological polar surface area (TPSA) is 54.4 Å². The van der Waals surface area contributed by atoms with Crippen molar-refractivity contribution < 1.29 is 4.42 Å². The number of aryl methyl sites for hydroxylation is 1. The number of nitrogens with one attached hydrogen (secondary N) is 1. The maximum atomic E-state index is 5.58. The third-order valence-electron chi connectivity index (χ3n) is 2.31. The van der Waals surface area contributed by atoms with Gasteiger partial charge < -0.3 is 20.4 Å². The molecule has 1 aliphatic rings. The zero-order valence-electron chi connectivity index (χ0n) is 7.84. The smallest absolute Gasteiger partial charge is 0.201 e. The maximum Gasteiger partial charge on any atom is 0.201 e. The van der Waals surface area contributed by atoms with Crippen LogP contribution in [0, 0.1) is 6.92 Å². The lowest BCUT2D eigenvalue weighted by Gasteiger charge is -2.27. The van der Waals surface area contributed by atoms with Gasteiger partial charge in [-0.3, -0.25) is 0 Å². The van der Waals surface area contributed by atoms with E-state index in [4.69, 9.17) is 10.2 Å². The van der Waals surface area contributed by atoms with Gasteiger partial charge >= 0.3 is 0 Å². The molecule has 3 N–H and O–H groups in total. The van der Waals surface area contributed by atoms with Crippen LogP contribution in [0.4, 0.5) is 11.8 Å². The summed E-state index contributed by atoms with van der Waals surface area (Å²) in [6.07, 6.45) is 0. The van der Waals surface area contributed by atoms with Crippen molar-refractivity contribution in [2.45, 2.75) is 6.92 Å². The van der Waals surface area contributed by atoms with Crippen molar-refractivity contribution in [1.29, 1.82) is 0 Å². The summed E-state index contributed by atoms with van der Waals surface area (Å²) in [6, 6.07) is 1.87. The first-order valence-corrected chi connectivity index (χ1v) is 4.59. The van der Waals surface area contributed by atoms with Crippen molar-refractivity contribution in [2.24, 2.45) is 0 Å². The lowest BCUT2D eigenvalue weighted by molar-refractivity contribution is 0.515. The van der Waals surface area contributed by atoms with Crippen LogP contribution in [0.1, 0.15) is 5.56 Å². The number of hydrogen-bond acceptors (Lipinski definition) is 4. The predicted molar refractivity (Wildman–Crippen MR) is 52.9 cm³/mol. The van der Waals surface area contributed by atoms with Gasteiger partial charge in [0.05, 0.1) is 0 Å². The Morgan fingerprint density at radius 2 is 2.15 bits per heavy atom. The highest BCUT2D eigenvalue weighted by atomic mass is 16.4. The lowest BCUT2D eigenvalue weighted by atomic mass is 10.3. The fraction of sp³-hybridized carbons (Fsp3) is 0.556. The predicted octanol–water partition coefficient (Wildman–Crippen LogP) is 0.580. The second kappa shape index (κ2) is 3.30. The van der Waals surface area contributed by atoms with E-state index < -0.39 is 0 Å². The Bertz CT molecular complexity index is 289. The van der Waals surface area contributed by atoms with E-state index in [1.807, 2.05) is 13.0 Å². The Morgan fingerprint density at radius 1 is 1.46 bits per heavy atom. The van der Waals surface area contributed by atoms with Gasteiger partial charge in [-0.05, 0) is 6.92 Å². The van der Waals surface area contributed by atoms with E-state index in [0.29, 0.717) is 5.88 Å². The van der Waals surface area contributed by atoms with Gasteiger partial charge in [0.25, 0.3) is 0 Å². The molecule has 72 valence electrons. The standard InChI is InChI=1S/C9H15N3O/c1-7-6-8(10)13-9(7)12-4-2-11-3-5-12/h6,11H,2-5,10H2,1H3. The van der Waals surface area contributed by atoms with Gasteiger partial charge in [0.1, 0.15) is 0 Å². The van der Waals surface area contributed by atoms with Crippen LogP contribution in [0.5, 0.6) is 0 Å². The highest BCUT2D eigenvalue weighted by Gasteiger charge is 2.16. The Morgan fingerprint density at radius 3 is 2.69 bits per heavy atom. The Kier molecular flexibility index (Phi) is 2.14. The third kappa shape index (κ3) is 1.62. The summed E-state index contributed by atoms with van der Waals surface area (Å²) >= 11 is 0. The van der Waals surface area contributed by atoms with Crippen molar-refractivity contribution in [3.8, 4) is 0 Å². The van der Waals surface area contributed by atoms with E-state index in [1.54, 1.807) is 0 Å². The van der Waals surface area contributed by atoms with Crippen molar-refractivity contribution in [2.75, 3.05) is 36.8 Å². The number of piperazine rings is 1. The molecule has 0 aliphatic carbocycles. The molecule has 1 aliphatic heterocycles. The van der Waals surface area contributed by atoms with Crippen molar-refractivity contribution >= 4 is 11.8 Å². The molecular weight excluding hydrogens is 166 g/mol. The van der Waals surface area contributed by atoms with Gasteiger partial charge in [0.15, 0.2) is 5.88 Å². The van der Waals surface area contributed by atoms with Gasteiger partial charge in [-0.2, -0.15) is 0 Å². The molecule has 0 saturated carbocycles. The van der Waals surface area contributed by atoms with E-state index in [9.17, 15) is 0 Å². The SMILES string of the molecule is Cc1cc(N)oc1N1CCNCC1. The Balaban J connectivity index is 2.18. The van der Waals surface area contributed by atoms with Gasteiger partial charge in [-0.25, -0.2) is 0 Å². The molecule has 0 unspecified atom stereocenters. The fourth-order valence-corrected chi connectivity index (χ4v) is 1.68.